The van der Waals surface area contributed by atoms with Crippen molar-refractivity contribution in [2.24, 2.45) is 0 Å². The zero-order chi connectivity index (χ0) is 14.7. The summed E-state index contributed by atoms with van der Waals surface area (Å²) in [6.45, 7) is 2.65. The summed E-state index contributed by atoms with van der Waals surface area (Å²) in [4.78, 5) is 25.1. The minimum Gasteiger partial charge on any atom is -0.495 e. The number of anilines is 1. The normalized spacial score (nSPS) is 17.9. The van der Waals surface area contributed by atoms with E-state index in [1.165, 1.54) is 14.0 Å². The molecule has 3 N–H and O–H groups in total. The SMILES string of the molecule is COc1cc(C(=O)N2CCC(NC(C)=O)C2)ccc1N. The van der Waals surface area contributed by atoms with Gasteiger partial charge in [-0.05, 0) is 24.6 Å². The first-order valence-corrected chi connectivity index (χ1v) is 6.51. The highest BCUT2D eigenvalue weighted by molar-refractivity contribution is 5.95. The third kappa shape index (κ3) is 3.01. The van der Waals surface area contributed by atoms with Gasteiger partial charge in [0.05, 0.1) is 12.8 Å². The van der Waals surface area contributed by atoms with Gasteiger partial charge in [-0.2, -0.15) is 0 Å². The van der Waals surface area contributed by atoms with Crippen molar-refractivity contribution in [1.29, 1.82) is 0 Å². The second kappa shape index (κ2) is 5.81. The summed E-state index contributed by atoms with van der Waals surface area (Å²) in [5.74, 6) is 0.350. The number of nitrogens with zero attached hydrogens (tertiary/aromatic N) is 1. The zero-order valence-corrected chi connectivity index (χ0v) is 11.7. The van der Waals surface area contributed by atoms with E-state index in [1.54, 1.807) is 23.1 Å². The number of hydrogen-bond acceptors (Lipinski definition) is 4. The Morgan fingerprint density at radius 3 is 2.85 bits per heavy atom. The number of rotatable bonds is 3. The van der Waals surface area contributed by atoms with Gasteiger partial charge in [0, 0.05) is 31.6 Å². The highest BCUT2D eigenvalue weighted by atomic mass is 16.5. The Balaban J connectivity index is 2.07. The predicted octanol–water partition coefficient (Wildman–Crippen LogP) is 0.628. The molecule has 0 saturated carbocycles. The maximum absolute atomic E-state index is 12.4. The van der Waals surface area contributed by atoms with Crippen LogP contribution in [0, 0.1) is 0 Å². The molecule has 1 unspecified atom stereocenters. The van der Waals surface area contributed by atoms with Crippen LogP contribution in [0.5, 0.6) is 5.75 Å². The van der Waals surface area contributed by atoms with Gasteiger partial charge in [0.25, 0.3) is 5.91 Å². The van der Waals surface area contributed by atoms with E-state index in [0.717, 1.165) is 6.42 Å². The van der Waals surface area contributed by atoms with Crippen molar-refractivity contribution < 1.29 is 14.3 Å². The van der Waals surface area contributed by atoms with Crippen LogP contribution in [-0.4, -0.2) is 43.0 Å². The fourth-order valence-corrected chi connectivity index (χ4v) is 2.38. The van der Waals surface area contributed by atoms with E-state index in [1.807, 2.05) is 0 Å². The van der Waals surface area contributed by atoms with Gasteiger partial charge in [0.1, 0.15) is 5.75 Å². The molecule has 0 bridgehead atoms. The Kier molecular flexibility index (Phi) is 4.12. The molecule has 108 valence electrons. The molecule has 6 nitrogen and oxygen atoms in total. The van der Waals surface area contributed by atoms with Crippen LogP contribution in [0.25, 0.3) is 0 Å². The number of amides is 2. The molecule has 0 aliphatic carbocycles. The number of nitrogen functional groups attached to an aromatic ring is 1. The van der Waals surface area contributed by atoms with Crippen molar-refractivity contribution in [3.8, 4) is 5.75 Å². The number of ether oxygens (including phenoxy) is 1. The molecule has 20 heavy (non-hydrogen) atoms. The van der Waals surface area contributed by atoms with Crippen LogP contribution in [0.4, 0.5) is 5.69 Å². The summed E-state index contributed by atoms with van der Waals surface area (Å²) in [6.07, 6.45) is 0.775. The molecule has 1 aliphatic heterocycles. The topological polar surface area (TPSA) is 84.7 Å². The van der Waals surface area contributed by atoms with Crippen LogP contribution in [0.3, 0.4) is 0 Å². The molecule has 1 heterocycles. The van der Waals surface area contributed by atoms with Crippen molar-refractivity contribution in [2.75, 3.05) is 25.9 Å². The third-order valence-electron chi connectivity index (χ3n) is 3.36. The lowest BCUT2D eigenvalue weighted by molar-refractivity contribution is -0.119. The average molecular weight is 277 g/mol. The van der Waals surface area contributed by atoms with Crippen molar-refractivity contribution in [3.05, 3.63) is 23.8 Å². The molecule has 1 aromatic carbocycles. The second-order valence-electron chi connectivity index (χ2n) is 4.89. The van der Waals surface area contributed by atoms with E-state index >= 15 is 0 Å². The quantitative estimate of drug-likeness (QED) is 0.794. The van der Waals surface area contributed by atoms with E-state index in [2.05, 4.69) is 5.32 Å². The maximum Gasteiger partial charge on any atom is 0.254 e. The molecule has 0 radical (unpaired) electrons. The van der Waals surface area contributed by atoms with Crippen molar-refractivity contribution in [2.45, 2.75) is 19.4 Å². The van der Waals surface area contributed by atoms with Crippen molar-refractivity contribution in [3.63, 3.8) is 0 Å². The number of hydrogen-bond donors (Lipinski definition) is 2. The lowest BCUT2D eigenvalue weighted by atomic mass is 10.1. The molecule has 6 heteroatoms. The lowest BCUT2D eigenvalue weighted by Crippen LogP contribution is -2.37. The molecule has 0 spiro atoms. The molecule has 0 aromatic heterocycles. The Hall–Kier alpha value is -2.24. The van der Waals surface area contributed by atoms with Gasteiger partial charge in [-0.3, -0.25) is 9.59 Å². The highest BCUT2D eigenvalue weighted by Crippen LogP contribution is 2.24. The summed E-state index contributed by atoms with van der Waals surface area (Å²) in [6, 6.07) is 5.02. The fraction of sp³-hybridized carbons (Fsp3) is 0.429. The van der Waals surface area contributed by atoms with E-state index in [4.69, 9.17) is 10.5 Å². The van der Waals surface area contributed by atoms with Gasteiger partial charge < -0.3 is 20.7 Å². The Labute approximate surface area is 117 Å². The smallest absolute Gasteiger partial charge is 0.254 e. The van der Waals surface area contributed by atoms with E-state index in [9.17, 15) is 9.59 Å². The minimum atomic E-state index is -0.0730. The number of benzene rings is 1. The monoisotopic (exact) mass is 277 g/mol. The van der Waals surface area contributed by atoms with E-state index in [-0.39, 0.29) is 17.9 Å². The zero-order valence-electron chi connectivity index (χ0n) is 11.7. The van der Waals surface area contributed by atoms with Gasteiger partial charge in [-0.1, -0.05) is 0 Å². The van der Waals surface area contributed by atoms with Gasteiger partial charge in [-0.15, -0.1) is 0 Å². The Bertz CT molecular complexity index is 530. The fourth-order valence-electron chi connectivity index (χ4n) is 2.38. The number of carbonyl (C=O) groups excluding carboxylic acids is 2. The molecule has 1 saturated heterocycles. The largest absolute Gasteiger partial charge is 0.495 e. The van der Waals surface area contributed by atoms with E-state index in [0.29, 0.717) is 30.1 Å². The summed E-state index contributed by atoms with van der Waals surface area (Å²) in [5.41, 5.74) is 6.78. The number of carbonyl (C=O) groups is 2. The summed E-state index contributed by atoms with van der Waals surface area (Å²) in [7, 11) is 1.52. The van der Waals surface area contributed by atoms with Gasteiger partial charge in [-0.25, -0.2) is 0 Å². The van der Waals surface area contributed by atoms with Crippen molar-refractivity contribution >= 4 is 17.5 Å². The molecule has 2 rings (SSSR count). The van der Waals surface area contributed by atoms with Crippen LogP contribution in [-0.2, 0) is 4.79 Å². The number of likely N-dealkylation sites (tertiary alicyclic amines) is 1. The summed E-state index contributed by atoms with van der Waals surface area (Å²) < 4.78 is 5.12. The van der Waals surface area contributed by atoms with Crippen LogP contribution in [0.2, 0.25) is 0 Å². The van der Waals surface area contributed by atoms with Crippen molar-refractivity contribution in [1.82, 2.24) is 10.2 Å². The number of nitrogens with one attached hydrogen (secondary N) is 1. The molecule has 2 amide bonds. The average Bonchev–Trinajstić information content (AvgIpc) is 2.86. The highest BCUT2D eigenvalue weighted by Gasteiger charge is 2.27. The summed E-state index contributed by atoms with van der Waals surface area (Å²) in [5, 5.41) is 2.83. The number of methoxy groups -OCH3 is 1. The second-order valence-corrected chi connectivity index (χ2v) is 4.89. The first-order chi connectivity index (χ1) is 9.51. The van der Waals surface area contributed by atoms with Crippen LogP contribution in [0.15, 0.2) is 18.2 Å². The van der Waals surface area contributed by atoms with Crippen LogP contribution < -0.4 is 15.8 Å². The third-order valence-corrected chi connectivity index (χ3v) is 3.36. The summed E-state index contributed by atoms with van der Waals surface area (Å²) >= 11 is 0. The number of nitrogens with two attached hydrogens (primary N) is 1. The van der Waals surface area contributed by atoms with E-state index < -0.39 is 0 Å². The lowest BCUT2D eigenvalue weighted by Gasteiger charge is -2.17. The van der Waals surface area contributed by atoms with Gasteiger partial charge >= 0.3 is 0 Å². The predicted molar refractivity (Wildman–Crippen MR) is 75.5 cm³/mol. The first-order valence-electron chi connectivity index (χ1n) is 6.51. The molecular weight excluding hydrogens is 258 g/mol. The first kappa shape index (κ1) is 14.2. The molecule has 1 atom stereocenters. The minimum absolute atomic E-state index is 0.0344. The Morgan fingerprint density at radius 1 is 1.45 bits per heavy atom. The van der Waals surface area contributed by atoms with Crippen LogP contribution in [0.1, 0.15) is 23.7 Å². The maximum atomic E-state index is 12.4. The molecule has 1 aromatic rings. The standard InChI is InChI=1S/C14H19N3O3/c1-9(18)16-11-5-6-17(8-11)14(19)10-3-4-12(15)13(7-10)20-2/h3-4,7,11H,5-6,8,15H2,1-2H3,(H,16,18). The molecular formula is C14H19N3O3. The van der Waals surface area contributed by atoms with Gasteiger partial charge in [0.15, 0.2) is 0 Å². The molecule has 1 aliphatic rings. The van der Waals surface area contributed by atoms with Crippen LogP contribution >= 0.6 is 0 Å². The van der Waals surface area contributed by atoms with Gasteiger partial charge in [0.2, 0.25) is 5.91 Å². The Morgan fingerprint density at radius 2 is 2.20 bits per heavy atom. The molecule has 1 fully saturated rings.